The number of benzene rings is 3. The van der Waals surface area contributed by atoms with E-state index in [2.05, 4.69) is 0 Å². The summed E-state index contributed by atoms with van der Waals surface area (Å²) in [5.74, 6) is -6.96. The van der Waals surface area contributed by atoms with E-state index < -0.39 is 41.6 Å². The van der Waals surface area contributed by atoms with Gasteiger partial charge in [-0.3, -0.25) is 4.79 Å². The summed E-state index contributed by atoms with van der Waals surface area (Å²) in [6.45, 7) is -0.816. The first-order valence-electron chi connectivity index (χ1n) is 7.69. The van der Waals surface area contributed by atoms with E-state index in [1.165, 1.54) is 12.1 Å². The fraction of sp³-hybridized carbons (Fsp3) is 0.0526. The minimum absolute atomic E-state index is 0.152. The SMILES string of the molecule is O=C(COC(=O)c1cc2ccccc2cc1O)Nc1ccc(F)c(F)c1F. The average Bonchev–Trinajstić information content (AvgIpc) is 2.66. The number of ether oxygens (including phenoxy) is 1. The Balaban J connectivity index is 1.68. The number of phenolic OH excluding ortho intramolecular Hbond substituents is 1. The van der Waals surface area contributed by atoms with E-state index in [-0.39, 0.29) is 11.3 Å². The number of hydrogen-bond donors (Lipinski definition) is 2. The first-order chi connectivity index (χ1) is 12.9. The highest BCUT2D eigenvalue weighted by Crippen LogP contribution is 2.25. The molecule has 0 saturated heterocycles. The van der Waals surface area contributed by atoms with Crippen molar-refractivity contribution in [3.63, 3.8) is 0 Å². The molecule has 0 aliphatic heterocycles. The number of nitrogens with one attached hydrogen (secondary N) is 1. The minimum Gasteiger partial charge on any atom is -0.507 e. The van der Waals surface area contributed by atoms with Crippen molar-refractivity contribution in [3.05, 3.63) is 71.5 Å². The van der Waals surface area contributed by atoms with Gasteiger partial charge in [0.25, 0.3) is 5.91 Å². The fourth-order valence-electron chi connectivity index (χ4n) is 2.41. The summed E-state index contributed by atoms with van der Waals surface area (Å²) in [6, 6.07) is 11.2. The van der Waals surface area contributed by atoms with Crippen molar-refractivity contribution in [2.45, 2.75) is 0 Å². The number of esters is 1. The van der Waals surface area contributed by atoms with Crippen molar-refractivity contribution in [1.82, 2.24) is 0 Å². The van der Waals surface area contributed by atoms with Gasteiger partial charge in [0.05, 0.1) is 5.69 Å². The number of carbonyl (C=O) groups is 2. The third-order valence-corrected chi connectivity index (χ3v) is 3.73. The standard InChI is InChI=1S/C19H12F3NO4/c20-13-5-6-14(18(22)17(13)21)23-16(25)9-27-19(26)12-7-10-3-1-2-4-11(10)8-15(12)24/h1-8,24H,9H2,(H,23,25). The molecule has 1 amide bonds. The topological polar surface area (TPSA) is 75.6 Å². The first-order valence-corrected chi connectivity index (χ1v) is 7.69. The van der Waals surface area contributed by atoms with Crippen LogP contribution in [0.5, 0.6) is 5.75 Å². The molecule has 0 aliphatic carbocycles. The maximum atomic E-state index is 13.5. The quantitative estimate of drug-likeness (QED) is 0.538. The predicted molar refractivity (Wildman–Crippen MR) is 90.8 cm³/mol. The zero-order chi connectivity index (χ0) is 19.6. The van der Waals surface area contributed by atoms with Gasteiger partial charge in [-0.25, -0.2) is 18.0 Å². The molecule has 3 aromatic rings. The highest BCUT2D eigenvalue weighted by Gasteiger charge is 2.18. The third-order valence-electron chi connectivity index (χ3n) is 3.73. The lowest BCUT2D eigenvalue weighted by atomic mass is 10.1. The van der Waals surface area contributed by atoms with Crippen LogP contribution >= 0.6 is 0 Å². The summed E-state index contributed by atoms with van der Waals surface area (Å²) < 4.78 is 44.3. The lowest BCUT2D eigenvalue weighted by molar-refractivity contribution is -0.119. The third kappa shape index (κ3) is 3.84. The smallest absolute Gasteiger partial charge is 0.342 e. The molecule has 8 heteroatoms. The molecule has 0 bridgehead atoms. The molecule has 0 fully saturated rings. The van der Waals surface area contributed by atoms with E-state index in [4.69, 9.17) is 4.74 Å². The molecule has 3 aromatic carbocycles. The van der Waals surface area contributed by atoms with Crippen LogP contribution in [0.4, 0.5) is 18.9 Å². The second kappa shape index (κ2) is 7.36. The molecular formula is C19H12F3NO4. The van der Waals surface area contributed by atoms with Gasteiger partial charge >= 0.3 is 5.97 Å². The van der Waals surface area contributed by atoms with Crippen molar-refractivity contribution >= 4 is 28.3 Å². The molecule has 0 spiro atoms. The van der Waals surface area contributed by atoms with Gasteiger partial charge in [-0.05, 0) is 35.0 Å². The lowest BCUT2D eigenvalue weighted by Crippen LogP contribution is -2.21. The van der Waals surface area contributed by atoms with Crippen LogP contribution in [0.25, 0.3) is 10.8 Å². The molecule has 0 aliphatic rings. The highest BCUT2D eigenvalue weighted by atomic mass is 19.2. The molecule has 0 aromatic heterocycles. The number of aromatic hydroxyl groups is 1. The number of halogens is 3. The summed E-state index contributed by atoms with van der Waals surface area (Å²) in [5.41, 5.74) is -0.746. The monoisotopic (exact) mass is 375 g/mol. The Morgan fingerprint density at radius 3 is 2.33 bits per heavy atom. The van der Waals surface area contributed by atoms with Crippen molar-refractivity contribution in [3.8, 4) is 5.75 Å². The van der Waals surface area contributed by atoms with E-state index in [0.717, 1.165) is 6.07 Å². The second-order valence-electron chi connectivity index (χ2n) is 5.56. The number of rotatable bonds is 4. The molecule has 0 radical (unpaired) electrons. The zero-order valence-corrected chi connectivity index (χ0v) is 13.6. The van der Waals surface area contributed by atoms with E-state index >= 15 is 0 Å². The summed E-state index contributed by atoms with van der Waals surface area (Å²) >= 11 is 0. The molecule has 2 N–H and O–H groups in total. The Labute approximate surface area is 151 Å². The lowest BCUT2D eigenvalue weighted by Gasteiger charge is -2.09. The van der Waals surface area contributed by atoms with E-state index in [9.17, 15) is 27.9 Å². The number of hydrogen-bond acceptors (Lipinski definition) is 4. The predicted octanol–water partition coefficient (Wildman–Crippen LogP) is 3.76. The van der Waals surface area contributed by atoms with E-state index in [1.807, 2.05) is 5.32 Å². The highest BCUT2D eigenvalue weighted by molar-refractivity contribution is 6.00. The van der Waals surface area contributed by atoms with Gasteiger partial charge in [-0.15, -0.1) is 0 Å². The summed E-state index contributed by atoms with van der Waals surface area (Å²) in [4.78, 5) is 23.8. The van der Waals surface area contributed by atoms with Crippen LogP contribution in [0, 0.1) is 17.5 Å². The van der Waals surface area contributed by atoms with Gasteiger partial charge in [0.15, 0.2) is 24.1 Å². The molecule has 0 heterocycles. The molecule has 5 nitrogen and oxygen atoms in total. The summed E-state index contributed by atoms with van der Waals surface area (Å²) in [5, 5.41) is 13.3. The van der Waals surface area contributed by atoms with Crippen LogP contribution < -0.4 is 5.32 Å². The Kier molecular flexibility index (Phi) is 4.98. The van der Waals surface area contributed by atoms with Gasteiger partial charge in [0.2, 0.25) is 0 Å². The Morgan fingerprint density at radius 2 is 1.63 bits per heavy atom. The molecular weight excluding hydrogens is 363 g/mol. The largest absolute Gasteiger partial charge is 0.507 e. The number of anilines is 1. The molecule has 138 valence electrons. The zero-order valence-electron chi connectivity index (χ0n) is 13.6. The Morgan fingerprint density at radius 1 is 0.963 bits per heavy atom. The van der Waals surface area contributed by atoms with Gasteiger partial charge in [0, 0.05) is 0 Å². The maximum absolute atomic E-state index is 13.5. The summed E-state index contributed by atoms with van der Waals surface area (Å²) in [7, 11) is 0. The molecule has 3 rings (SSSR count). The van der Waals surface area contributed by atoms with Crippen LogP contribution in [0.15, 0.2) is 48.5 Å². The van der Waals surface area contributed by atoms with Crippen molar-refractivity contribution in [2.75, 3.05) is 11.9 Å². The van der Waals surface area contributed by atoms with E-state index in [0.29, 0.717) is 16.8 Å². The molecule has 0 unspecified atom stereocenters. The molecule has 0 atom stereocenters. The number of phenols is 1. The number of amides is 1. The van der Waals surface area contributed by atoms with Gasteiger partial charge in [0.1, 0.15) is 11.3 Å². The Hall–Kier alpha value is -3.55. The van der Waals surface area contributed by atoms with Crippen LogP contribution in [-0.2, 0) is 9.53 Å². The Bertz CT molecular complexity index is 1050. The van der Waals surface area contributed by atoms with Crippen molar-refractivity contribution in [1.29, 1.82) is 0 Å². The normalized spacial score (nSPS) is 10.6. The van der Waals surface area contributed by atoms with Gasteiger partial charge < -0.3 is 15.2 Å². The maximum Gasteiger partial charge on any atom is 0.342 e. The van der Waals surface area contributed by atoms with Gasteiger partial charge in [-0.1, -0.05) is 24.3 Å². The van der Waals surface area contributed by atoms with Crippen LogP contribution in [-0.4, -0.2) is 23.6 Å². The molecule has 27 heavy (non-hydrogen) atoms. The van der Waals surface area contributed by atoms with Crippen LogP contribution in [0.3, 0.4) is 0 Å². The minimum atomic E-state index is -1.73. The van der Waals surface area contributed by atoms with E-state index in [1.54, 1.807) is 24.3 Å². The van der Waals surface area contributed by atoms with Gasteiger partial charge in [-0.2, -0.15) is 0 Å². The van der Waals surface area contributed by atoms with Crippen LogP contribution in [0.2, 0.25) is 0 Å². The average molecular weight is 375 g/mol. The second-order valence-corrected chi connectivity index (χ2v) is 5.56. The summed E-state index contributed by atoms with van der Waals surface area (Å²) in [6.07, 6.45) is 0. The number of carbonyl (C=O) groups excluding carboxylic acids is 2. The molecule has 0 saturated carbocycles. The fourth-order valence-corrected chi connectivity index (χ4v) is 2.41. The van der Waals surface area contributed by atoms with Crippen molar-refractivity contribution in [2.24, 2.45) is 0 Å². The van der Waals surface area contributed by atoms with Crippen molar-refractivity contribution < 1.29 is 32.6 Å². The first kappa shape index (κ1) is 18.2. The van der Waals surface area contributed by atoms with Crippen LogP contribution in [0.1, 0.15) is 10.4 Å². The number of fused-ring (bicyclic) bond motifs is 1.